The number of hydrogen-bond acceptors (Lipinski definition) is 7. The van der Waals surface area contributed by atoms with Crippen LogP contribution in [0, 0.1) is 25.2 Å². The Morgan fingerprint density at radius 1 is 1.11 bits per heavy atom. The molecule has 0 radical (unpaired) electrons. The molecule has 1 amide bonds. The molecule has 0 saturated carbocycles. The van der Waals surface area contributed by atoms with Gasteiger partial charge in [0.05, 0.1) is 23.7 Å². The lowest BCUT2D eigenvalue weighted by atomic mass is 10.1. The largest absolute Gasteiger partial charge is 0.493 e. The van der Waals surface area contributed by atoms with E-state index in [1.54, 1.807) is 42.5 Å². The number of amides is 1. The number of hydrogen-bond donors (Lipinski definition) is 2. The minimum absolute atomic E-state index is 0.161. The fourth-order valence-electron chi connectivity index (χ4n) is 3.93. The van der Waals surface area contributed by atoms with Crippen molar-refractivity contribution in [1.29, 1.82) is 5.26 Å². The van der Waals surface area contributed by atoms with Gasteiger partial charge in [0.25, 0.3) is 5.91 Å². The van der Waals surface area contributed by atoms with Gasteiger partial charge < -0.3 is 29.2 Å². The van der Waals surface area contributed by atoms with E-state index in [1.807, 2.05) is 26.0 Å². The first-order valence-corrected chi connectivity index (χ1v) is 11.5. The fourth-order valence-corrected chi connectivity index (χ4v) is 3.93. The molecule has 0 spiro atoms. The third-order valence-corrected chi connectivity index (χ3v) is 5.99. The highest BCUT2D eigenvalue weighted by atomic mass is 16.7. The molecule has 1 aliphatic heterocycles. The molecule has 0 bridgehead atoms. The summed E-state index contributed by atoms with van der Waals surface area (Å²) in [6, 6.07) is 16.6. The number of nitriles is 1. The van der Waals surface area contributed by atoms with Crippen molar-refractivity contribution in [1.82, 2.24) is 9.97 Å². The molecule has 0 aliphatic carbocycles. The Hall–Kier alpha value is -4.97. The van der Waals surface area contributed by atoms with E-state index < -0.39 is 0 Å². The number of allylic oxidation sites excluding steroid dienone is 1. The number of rotatable bonds is 7. The van der Waals surface area contributed by atoms with Gasteiger partial charge in [-0.1, -0.05) is 6.07 Å². The van der Waals surface area contributed by atoms with Gasteiger partial charge in [-0.15, -0.1) is 0 Å². The number of nitrogens with one attached hydrogen (secondary N) is 2. The smallest absolute Gasteiger partial charge is 0.262 e. The topological polar surface area (TPSA) is 118 Å². The zero-order chi connectivity index (χ0) is 25.9. The molecule has 9 heteroatoms. The Bertz CT molecular complexity index is 1540. The van der Waals surface area contributed by atoms with E-state index >= 15 is 0 Å². The number of nitrogens with zero attached hydrogens (tertiary/aromatic N) is 2. The van der Waals surface area contributed by atoms with Crippen LogP contribution in [0.5, 0.6) is 23.0 Å². The molecule has 0 fully saturated rings. The molecule has 1 aliphatic rings. The van der Waals surface area contributed by atoms with Crippen molar-refractivity contribution in [3.05, 3.63) is 71.0 Å². The van der Waals surface area contributed by atoms with Gasteiger partial charge in [-0.05, 0) is 73.0 Å². The van der Waals surface area contributed by atoms with Gasteiger partial charge in [0, 0.05) is 11.8 Å². The maximum absolute atomic E-state index is 12.4. The first kappa shape index (κ1) is 23.8. The van der Waals surface area contributed by atoms with E-state index in [0.717, 1.165) is 27.7 Å². The predicted molar refractivity (Wildman–Crippen MR) is 139 cm³/mol. The molecule has 2 N–H and O–H groups in total. The molecule has 0 saturated heterocycles. The Morgan fingerprint density at radius 3 is 2.73 bits per heavy atom. The molecule has 2 heterocycles. The number of fused-ring (bicyclic) bond motifs is 2. The summed E-state index contributed by atoms with van der Waals surface area (Å²) in [5.74, 6) is 2.19. The maximum atomic E-state index is 12.4. The fraction of sp³-hybridized carbons (Fsp3) is 0.179. The second-order valence-electron chi connectivity index (χ2n) is 8.52. The summed E-state index contributed by atoms with van der Waals surface area (Å²) in [6.45, 7) is 4.00. The number of ether oxygens (including phenoxy) is 4. The highest BCUT2D eigenvalue weighted by Gasteiger charge is 2.15. The molecule has 1 aromatic heterocycles. The third-order valence-electron chi connectivity index (χ3n) is 5.99. The van der Waals surface area contributed by atoms with Crippen molar-refractivity contribution in [2.45, 2.75) is 13.8 Å². The van der Waals surface area contributed by atoms with E-state index in [9.17, 15) is 10.1 Å². The Kier molecular flexibility index (Phi) is 6.39. The zero-order valence-electron chi connectivity index (χ0n) is 20.5. The Morgan fingerprint density at radius 2 is 1.92 bits per heavy atom. The number of aromatic nitrogens is 2. The third kappa shape index (κ3) is 5.04. The molecule has 3 aromatic carbocycles. The number of aromatic amines is 1. The Labute approximate surface area is 213 Å². The van der Waals surface area contributed by atoms with Gasteiger partial charge in [0.1, 0.15) is 11.9 Å². The van der Waals surface area contributed by atoms with Crippen molar-refractivity contribution in [3.8, 4) is 29.1 Å². The summed E-state index contributed by atoms with van der Waals surface area (Å²) in [7, 11) is 1.51. The van der Waals surface area contributed by atoms with Crippen molar-refractivity contribution in [2.75, 3.05) is 25.8 Å². The minimum atomic E-state index is -0.341. The van der Waals surface area contributed by atoms with Crippen LogP contribution in [0.25, 0.3) is 22.7 Å². The maximum Gasteiger partial charge on any atom is 0.262 e. The van der Waals surface area contributed by atoms with Crippen molar-refractivity contribution < 1.29 is 23.7 Å². The van der Waals surface area contributed by atoms with Crippen LogP contribution in [0.4, 0.5) is 5.69 Å². The zero-order valence-corrected chi connectivity index (χ0v) is 20.5. The number of carbonyl (C=O) groups is 1. The van der Waals surface area contributed by atoms with Crippen LogP contribution in [0.15, 0.2) is 48.5 Å². The lowest BCUT2D eigenvalue weighted by Crippen LogP contribution is -2.20. The van der Waals surface area contributed by atoms with Gasteiger partial charge in [0.15, 0.2) is 29.6 Å². The molecule has 9 nitrogen and oxygen atoms in total. The van der Waals surface area contributed by atoms with Crippen LogP contribution >= 0.6 is 0 Å². The van der Waals surface area contributed by atoms with Crippen LogP contribution in [0.3, 0.4) is 0 Å². The monoisotopic (exact) mass is 496 g/mol. The van der Waals surface area contributed by atoms with Crippen molar-refractivity contribution in [2.24, 2.45) is 0 Å². The summed E-state index contributed by atoms with van der Waals surface area (Å²) in [4.78, 5) is 20.2. The summed E-state index contributed by atoms with van der Waals surface area (Å²) >= 11 is 0. The van der Waals surface area contributed by atoms with Crippen LogP contribution in [-0.4, -0.2) is 36.4 Å². The van der Waals surface area contributed by atoms with Crippen LogP contribution in [-0.2, 0) is 4.79 Å². The molecule has 186 valence electrons. The Balaban J connectivity index is 1.29. The second-order valence-corrected chi connectivity index (χ2v) is 8.52. The normalized spacial score (nSPS) is 12.3. The lowest BCUT2D eigenvalue weighted by molar-refractivity contribution is -0.118. The molecule has 0 atom stereocenters. The van der Waals surface area contributed by atoms with Crippen LogP contribution < -0.4 is 24.3 Å². The summed E-state index contributed by atoms with van der Waals surface area (Å²) in [6.07, 6.45) is 1.72. The predicted octanol–water partition coefficient (Wildman–Crippen LogP) is 5.00. The quantitative estimate of drug-likeness (QED) is 0.346. The SMILES string of the molecule is COc1cc(/C=C(\C#N)c2nc3cc(C)c(C)cc3[nH]2)ccc1OCC(=O)Nc1ccc2c(c1)OCO2. The summed E-state index contributed by atoms with van der Waals surface area (Å²) < 4.78 is 21.8. The van der Waals surface area contributed by atoms with Crippen LogP contribution in [0.1, 0.15) is 22.5 Å². The van der Waals surface area contributed by atoms with Gasteiger partial charge in [-0.25, -0.2) is 4.98 Å². The van der Waals surface area contributed by atoms with E-state index in [-0.39, 0.29) is 19.3 Å². The molecule has 0 unspecified atom stereocenters. The van der Waals surface area contributed by atoms with Gasteiger partial charge >= 0.3 is 0 Å². The van der Waals surface area contributed by atoms with E-state index in [4.69, 9.17) is 18.9 Å². The van der Waals surface area contributed by atoms with E-state index in [0.29, 0.717) is 40.1 Å². The van der Waals surface area contributed by atoms with Gasteiger partial charge in [0.2, 0.25) is 6.79 Å². The number of imidazole rings is 1. The number of H-pyrrole nitrogens is 1. The molecular formula is C28H24N4O5. The van der Waals surface area contributed by atoms with E-state index in [2.05, 4.69) is 21.4 Å². The van der Waals surface area contributed by atoms with E-state index in [1.165, 1.54) is 7.11 Å². The summed E-state index contributed by atoms with van der Waals surface area (Å²) in [5, 5.41) is 12.5. The first-order chi connectivity index (χ1) is 17.9. The number of carbonyl (C=O) groups excluding carboxylic acids is 1. The van der Waals surface area contributed by atoms with Crippen LogP contribution in [0.2, 0.25) is 0 Å². The molecular weight excluding hydrogens is 472 g/mol. The average Bonchev–Trinajstić information content (AvgIpc) is 3.53. The standard InChI is InChI=1S/C28H24N4O5/c1-16-8-21-22(9-17(16)2)32-28(31-21)19(13-29)10-18-4-6-23(25(11-18)34-3)35-14-27(33)30-20-5-7-24-26(12-20)37-15-36-24/h4-12H,14-15H2,1-3H3,(H,30,33)(H,31,32)/b19-10+. The average molecular weight is 497 g/mol. The number of benzene rings is 3. The molecule has 4 aromatic rings. The van der Waals surface area contributed by atoms with Crippen molar-refractivity contribution >= 4 is 34.3 Å². The number of methoxy groups -OCH3 is 1. The van der Waals surface area contributed by atoms with Gasteiger partial charge in [-0.3, -0.25) is 4.79 Å². The number of aryl methyl sites for hydroxylation is 2. The summed E-state index contributed by atoms with van der Waals surface area (Å²) in [5.41, 5.74) is 5.64. The molecule has 37 heavy (non-hydrogen) atoms. The van der Waals surface area contributed by atoms with Crippen molar-refractivity contribution in [3.63, 3.8) is 0 Å². The second kappa shape index (κ2) is 9.95. The highest BCUT2D eigenvalue weighted by Crippen LogP contribution is 2.34. The minimum Gasteiger partial charge on any atom is -0.493 e. The highest BCUT2D eigenvalue weighted by molar-refractivity contribution is 5.92. The number of anilines is 1. The lowest BCUT2D eigenvalue weighted by Gasteiger charge is -2.12. The van der Waals surface area contributed by atoms with Gasteiger partial charge in [-0.2, -0.15) is 5.26 Å². The molecule has 5 rings (SSSR count). The first-order valence-electron chi connectivity index (χ1n) is 11.5.